The van der Waals surface area contributed by atoms with Gasteiger partial charge in [-0.3, -0.25) is 4.90 Å². The molecule has 90 valence electrons. The summed E-state index contributed by atoms with van der Waals surface area (Å²) in [6.45, 7) is 7.45. The lowest BCUT2D eigenvalue weighted by Gasteiger charge is -2.38. The first-order valence-corrected chi connectivity index (χ1v) is 6.44. The van der Waals surface area contributed by atoms with Crippen molar-refractivity contribution >= 4 is 0 Å². The van der Waals surface area contributed by atoms with Gasteiger partial charge in [0.2, 0.25) is 0 Å². The van der Waals surface area contributed by atoms with Crippen LogP contribution in [0.1, 0.15) is 39.0 Å². The highest BCUT2D eigenvalue weighted by Gasteiger charge is 2.22. The molecule has 0 aromatic heterocycles. The van der Waals surface area contributed by atoms with Crippen LogP contribution in [0, 0.1) is 0 Å². The predicted octanol–water partition coefficient (Wildman–Crippen LogP) is 1.22. The number of aliphatic hydroxyl groups excluding tert-OH is 1. The van der Waals surface area contributed by atoms with Gasteiger partial charge in [0.15, 0.2) is 0 Å². The van der Waals surface area contributed by atoms with Crippen LogP contribution in [0.5, 0.6) is 0 Å². The Morgan fingerprint density at radius 2 is 1.87 bits per heavy atom. The van der Waals surface area contributed by atoms with E-state index in [1.54, 1.807) is 0 Å². The van der Waals surface area contributed by atoms with E-state index in [1.165, 1.54) is 51.9 Å². The van der Waals surface area contributed by atoms with Gasteiger partial charge in [0, 0.05) is 25.7 Å². The van der Waals surface area contributed by atoms with Gasteiger partial charge in [0.05, 0.1) is 0 Å². The van der Waals surface area contributed by atoms with Gasteiger partial charge in [-0.05, 0) is 32.4 Å². The molecule has 2 N–H and O–H groups in total. The molecule has 1 aliphatic rings. The van der Waals surface area contributed by atoms with E-state index in [2.05, 4.69) is 17.1 Å². The van der Waals surface area contributed by atoms with Gasteiger partial charge in [0.1, 0.15) is 0 Å². The lowest BCUT2D eigenvalue weighted by atomic mass is 10.1. The molecule has 1 heterocycles. The first kappa shape index (κ1) is 12.9. The van der Waals surface area contributed by atoms with Crippen LogP contribution in [0.4, 0.5) is 0 Å². The van der Waals surface area contributed by atoms with Crippen LogP contribution >= 0.6 is 0 Å². The van der Waals surface area contributed by atoms with Crippen LogP contribution in [0.2, 0.25) is 0 Å². The molecule has 0 bridgehead atoms. The van der Waals surface area contributed by atoms with Crippen molar-refractivity contribution in [3.63, 3.8) is 0 Å². The predicted molar refractivity (Wildman–Crippen MR) is 64.1 cm³/mol. The number of unbranched alkanes of at least 4 members (excludes halogenated alkanes) is 3. The molecular formula is C12H26N2O. The molecule has 1 fully saturated rings. The largest absolute Gasteiger partial charge is 0.396 e. The van der Waals surface area contributed by atoms with E-state index in [1.807, 2.05) is 0 Å². The van der Waals surface area contributed by atoms with Crippen molar-refractivity contribution in [2.45, 2.75) is 45.1 Å². The smallest absolute Gasteiger partial charge is 0.0431 e. The van der Waals surface area contributed by atoms with Crippen molar-refractivity contribution in [3.05, 3.63) is 0 Å². The zero-order chi connectivity index (χ0) is 10.9. The van der Waals surface area contributed by atoms with E-state index < -0.39 is 0 Å². The van der Waals surface area contributed by atoms with E-state index >= 15 is 0 Å². The Bertz CT molecular complexity index is 149. The number of hydrogen-bond acceptors (Lipinski definition) is 3. The normalized spacial score (nSPS) is 17.0. The monoisotopic (exact) mass is 214 g/mol. The van der Waals surface area contributed by atoms with E-state index in [9.17, 15) is 0 Å². The Morgan fingerprint density at radius 3 is 2.40 bits per heavy atom. The first-order valence-electron chi connectivity index (χ1n) is 6.44. The summed E-state index contributed by atoms with van der Waals surface area (Å²) in [6, 6.07) is 0.794. The average Bonchev–Trinajstić information content (AvgIpc) is 2.15. The molecule has 15 heavy (non-hydrogen) atoms. The lowest BCUT2D eigenvalue weighted by molar-refractivity contribution is 0.142. The summed E-state index contributed by atoms with van der Waals surface area (Å²) >= 11 is 0. The molecular weight excluding hydrogens is 188 g/mol. The quantitative estimate of drug-likeness (QED) is 0.567. The van der Waals surface area contributed by atoms with Crippen LogP contribution in [0.3, 0.4) is 0 Å². The fraction of sp³-hybridized carbons (Fsp3) is 1.00. The zero-order valence-electron chi connectivity index (χ0n) is 10.0. The third kappa shape index (κ3) is 4.96. The summed E-state index contributed by atoms with van der Waals surface area (Å²) in [4.78, 5) is 2.62. The van der Waals surface area contributed by atoms with Crippen molar-refractivity contribution in [2.24, 2.45) is 0 Å². The van der Waals surface area contributed by atoms with Crippen molar-refractivity contribution in [2.75, 3.05) is 32.8 Å². The molecule has 3 nitrogen and oxygen atoms in total. The minimum absolute atomic E-state index is 0.352. The Morgan fingerprint density at radius 1 is 1.13 bits per heavy atom. The Labute approximate surface area is 93.9 Å². The average molecular weight is 214 g/mol. The molecule has 0 radical (unpaired) electrons. The van der Waals surface area contributed by atoms with Gasteiger partial charge in [-0.1, -0.05) is 19.8 Å². The van der Waals surface area contributed by atoms with Gasteiger partial charge >= 0.3 is 0 Å². The van der Waals surface area contributed by atoms with Crippen LogP contribution in [0.15, 0.2) is 0 Å². The molecule has 3 heteroatoms. The van der Waals surface area contributed by atoms with Gasteiger partial charge < -0.3 is 10.4 Å². The molecule has 0 atom stereocenters. The van der Waals surface area contributed by atoms with Crippen molar-refractivity contribution in [3.8, 4) is 0 Å². The highest BCUT2D eigenvalue weighted by Crippen LogP contribution is 2.09. The highest BCUT2D eigenvalue weighted by molar-refractivity contribution is 4.84. The number of nitrogens with zero attached hydrogens (tertiary/aromatic N) is 1. The lowest BCUT2D eigenvalue weighted by Crippen LogP contribution is -2.57. The molecule has 0 aromatic rings. The minimum atomic E-state index is 0.352. The van der Waals surface area contributed by atoms with E-state index in [-0.39, 0.29) is 0 Å². The third-order valence-corrected chi connectivity index (χ3v) is 3.14. The zero-order valence-corrected chi connectivity index (χ0v) is 10.0. The molecule has 1 saturated heterocycles. The standard InChI is InChI=1S/C12H26N2O/c1-2-7-14(12-10-13-11-12)8-5-3-4-6-9-15/h12-13,15H,2-11H2,1H3. The fourth-order valence-corrected chi connectivity index (χ4v) is 2.08. The topological polar surface area (TPSA) is 35.5 Å². The summed E-state index contributed by atoms with van der Waals surface area (Å²) in [5.74, 6) is 0. The van der Waals surface area contributed by atoms with Crippen LogP contribution in [0.25, 0.3) is 0 Å². The van der Waals surface area contributed by atoms with Gasteiger partial charge in [0.25, 0.3) is 0 Å². The van der Waals surface area contributed by atoms with E-state index in [0.717, 1.165) is 12.5 Å². The van der Waals surface area contributed by atoms with E-state index in [4.69, 9.17) is 5.11 Å². The van der Waals surface area contributed by atoms with Gasteiger partial charge in [-0.2, -0.15) is 0 Å². The molecule has 0 amide bonds. The summed E-state index contributed by atoms with van der Waals surface area (Å²) in [6.07, 6.45) is 5.96. The maximum absolute atomic E-state index is 8.68. The number of nitrogens with one attached hydrogen (secondary N) is 1. The van der Waals surface area contributed by atoms with Crippen LogP contribution in [-0.4, -0.2) is 48.8 Å². The van der Waals surface area contributed by atoms with Crippen molar-refractivity contribution in [1.29, 1.82) is 0 Å². The van der Waals surface area contributed by atoms with E-state index in [0.29, 0.717) is 6.61 Å². The molecule has 1 aliphatic heterocycles. The molecule has 0 saturated carbocycles. The van der Waals surface area contributed by atoms with Gasteiger partial charge in [-0.15, -0.1) is 0 Å². The second-order valence-electron chi connectivity index (χ2n) is 4.49. The number of rotatable bonds is 9. The SMILES string of the molecule is CCCN(CCCCCCO)C1CNC1. The second kappa shape index (κ2) is 8.08. The second-order valence-corrected chi connectivity index (χ2v) is 4.49. The van der Waals surface area contributed by atoms with Crippen LogP contribution in [-0.2, 0) is 0 Å². The highest BCUT2D eigenvalue weighted by atomic mass is 16.2. The Hall–Kier alpha value is -0.120. The van der Waals surface area contributed by atoms with Crippen LogP contribution < -0.4 is 5.32 Å². The molecule has 0 aromatic carbocycles. The minimum Gasteiger partial charge on any atom is -0.396 e. The fourth-order valence-electron chi connectivity index (χ4n) is 2.08. The Kier molecular flexibility index (Phi) is 6.98. The van der Waals surface area contributed by atoms with Gasteiger partial charge in [-0.25, -0.2) is 0 Å². The maximum Gasteiger partial charge on any atom is 0.0431 e. The molecule has 0 aliphatic carbocycles. The maximum atomic E-state index is 8.68. The third-order valence-electron chi connectivity index (χ3n) is 3.14. The molecule has 1 rings (SSSR count). The number of hydrogen-bond donors (Lipinski definition) is 2. The summed E-state index contributed by atoms with van der Waals surface area (Å²) in [5.41, 5.74) is 0. The summed E-state index contributed by atoms with van der Waals surface area (Å²) in [5, 5.41) is 12.0. The summed E-state index contributed by atoms with van der Waals surface area (Å²) in [7, 11) is 0. The van der Waals surface area contributed by atoms with Crippen molar-refractivity contribution in [1.82, 2.24) is 10.2 Å². The molecule has 0 spiro atoms. The summed E-state index contributed by atoms with van der Waals surface area (Å²) < 4.78 is 0. The molecule has 0 unspecified atom stereocenters. The Balaban J connectivity index is 2.03. The number of aliphatic hydroxyl groups is 1. The van der Waals surface area contributed by atoms with Crippen molar-refractivity contribution < 1.29 is 5.11 Å². The first-order chi connectivity index (χ1) is 7.38.